The summed E-state index contributed by atoms with van der Waals surface area (Å²) in [5.41, 5.74) is 3.66. The van der Waals surface area contributed by atoms with E-state index in [0.29, 0.717) is 5.65 Å². The van der Waals surface area contributed by atoms with Crippen molar-refractivity contribution in [3.05, 3.63) is 53.9 Å². The SMILES string of the molecule is COC(=O)c1cc2nc(C)cc(-c3ccccc3)n2n1. The Morgan fingerprint density at radius 1 is 1.20 bits per heavy atom. The molecule has 1 aromatic carbocycles. The third-order valence-electron chi connectivity index (χ3n) is 3.02. The summed E-state index contributed by atoms with van der Waals surface area (Å²) in [7, 11) is 1.34. The normalized spacial score (nSPS) is 10.7. The van der Waals surface area contributed by atoms with Crippen molar-refractivity contribution in [3.8, 4) is 11.3 Å². The van der Waals surface area contributed by atoms with Crippen LogP contribution in [-0.4, -0.2) is 27.7 Å². The Labute approximate surface area is 115 Å². The number of hydrogen-bond acceptors (Lipinski definition) is 4. The van der Waals surface area contributed by atoms with Gasteiger partial charge in [0.25, 0.3) is 0 Å². The maximum atomic E-state index is 11.6. The number of hydrogen-bond donors (Lipinski definition) is 0. The molecular weight excluding hydrogens is 254 g/mol. The van der Waals surface area contributed by atoms with Crippen molar-refractivity contribution in [1.82, 2.24) is 14.6 Å². The van der Waals surface area contributed by atoms with Crippen LogP contribution in [0, 0.1) is 6.92 Å². The van der Waals surface area contributed by atoms with Gasteiger partial charge in [0.2, 0.25) is 0 Å². The Balaban J connectivity index is 2.26. The van der Waals surface area contributed by atoms with Gasteiger partial charge in [-0.3, -0.25) is 0 Å². The van der Waals surface area contributed by atoms with Gasteiger partial charge in [0.1, 0.15) is 0 Å². The molecule has 0 aliphatic carbocycles. The molecule has 0 fully saturated rings. The van der Waals surface area contributed by atoms with Crippen LogP contribution in [-0.2, 0) is 4.74 Å². The number of fused-ring (bicyclic) bond motifs is 1. The average Bonchev–Trinajstić information content (AvgIpc) is 2.90. The minimum atomic E-state index is -0.466. The number of carbonyl (C=O) groups excluding carboxylic acids is 1. The molecule has 0 saturated carbocycles. The lowest BCUT2D eigenvalue weighted by molar-refractivity contribution is 0.0593. The van der Waals surface area contributed by atoms with E-state index < -0.39 is 5.97 Å². The number of ether oxygens (including phenoxy) is 1. The first-order valence-electron chi connectivity index (χ1n) is 6.20. The van der Waals surface area contributed by atoms with E-state index in [1.54, 1.807) is 10.6 Å². The number of benzene rings is 1. The summed E-state index contributed by atoms with van der Waals surface area (Å²) >= 11 is 0. The summed E-state index contributed by atoms with van der Waals surface area (Å²) in [5.74, 6) is -0.466. The Bertz CT molecular complexity index is 778. The molecule has 0 spiro atoms. The van der Waals surface area contributed by atoms with E-state index in [9.17, 15) is 4.79 Å². The number of aromatic nitrogens is 3. The van der Waals surface area contributed by atoms with Gasteiger partial charge in [0.05, 0.1) is 12.8 Å². The van der Waals surface area contributed by atoms with Crippen molar-refractivity contribution in [3.63, 3.8) is 0 Å². The Morgan fingerprint density at radius 2 is 1.95 bits per heavy atom. The molecule has 0 aliphatic rings. The number of nitrogens with zero attached hydrogens (tertiary/aromatic N) is 3. The number of esters is 1. The first-order chi connectivity index (χ1) is 9.69. The monoisotopic (exact) mass is 267 g/mol. The Kier molecular flexibility index (Phi) is 2.95. The smallest absolute Gasteiger partial charge is 0.358 e. The van der Waals surface area contributed by atoms with E-state index in [1.807, 2.05) is 43.3 Å². The van der Waals surface area contributed by atoms with Crippen molar-refractivity contribution in [2.45, 2.75) is 6.92 Å². The molecular formula is C15H13N3O2. The number of rotatable bonds is 2. The summed E-state index contributed by atoms with van der Waals surface area (Å²) in [4.78, 5) is 16.0. The van der Waals surface area contributed by atoms with Gasteiger partial charge in [0, 0.05) is 17.3 Å². The molecule has 0 unspecified atom stereocenters. The van der Waals surface area contributed by atoms with Gasteiger partial charge in [-0.05, 0) is 13.0 Å². The largest absolute Gasteiger partial charge is 0.464 e. The summed E-state index contributed by atoms with van der Waals surface area (Å²) in [6.45, 7) is 1.91. The topological polar surface area (TPSA) is 56.5 Å². The second kappa shape index (κ2) is 4.77. The molecule has 20 heavy (non-hydrogen) atoms. The standard InChI is InChI=1S/C15H13N3O2/c1-10-8-13(11-6-4-3-5-7-11)18-14(16-10)9-12(17-18)15(19)20-2/h3-9H,1-2H3. The summed E-state index contributed by atoms with van der Waals surface area (Å²) in [5, 5.41) is 4.28. The molecule has 0 bridgehead atoms. The highest BCUT2D eigenvalue weighted by Gasteiger charge is 2.14. The first kappa shape index (κ1) is 12.3. The molecule has 0 N–H and O–H groups in total. The van der Waals surface area contributed by atoms with E-state index in [2.05, 4.69) is 10.1 Å². The van der Waals surface area contributed by atoms with Crippen molar-refractivity contribution in [2.24, 2.45) is 0 Å². The van der Waals surface area contributed by atoms with Crippen LogP contribution in [0.5, 0.6) is 0 Å². The van der Waals surface area contributed by atoms with E-state index in [1.165, 1.54) is 7.11 Å². The average molecular weight is 267 g/mol. The second-order valence-corrected chi connectivity index (χ2v) is 4.44. The molecule has 3 rings (SSSR count). The quantitative estimate of drug-likeness (QED) is 0.669. The zero-order valence-electron chi connectivity index (χ0n) is 11.2. The minimum Gasteiger partial charge on any atom is -0.464 e. The van der Waals surface area contributed by atoms with E-state index in [-0.39, 0.29) is 5.69 Å². The van der Waals surface area contributed by atoms with Gasteiger partial charge in [-0.1, -0.05) is 30.3 Å². The molecule has 5 heteroatoms. The second-order valence-electron chi connectivity index (χ2n) is 4.44. The van der Waals surface area contributed by atoms with E-state index >= 15 is 0 Å². The third-order valence-corrected chi connectivity index (χ3v) is 3.02. The van der Waals surface area contributed by atoms with Gasteiger partial charge in [0.15, 0.2) is 11.3 Å². The number of methoxy groups -OCH3 is 1. The molecule has 0 radical (unpaired) electrons. The van der Waals surface area contributed by atoms with Gasteiger partial charge >= 0.3 is 5.97 Å². The summed E-state index contributed by atoms with van der Waals surface area (Å²) < 4.78 is 6.36. The molecule has 100 valence electrons. The van der Waals surface area contributed by atoms with Crippen LogP contribution in [0.3, 0.4) is 0 Å². The van der Waals surface area contributed by atoms with Crippen LogP contribution in [0.15, 0.2) is 42.5 Å². The highest BCUT2D eigenvalue weighted by molar-refractivity contribution is 5.88. The number of carbonyl (C=O) groups is 1. The van der Waals surface area contributed by atoms with Gasteiger partial charge in [-0.25, -0.2) is 14.3 Å². The number of aryl methyl sites for hydroxylation is 1. The Hall–Kier alpha value is -2.69. The van der Waals surface area contributed by atoms with Gasteiger partial charge in [-0.2, -0.15) is 5.10 Å². The lowest BCUT2D eigenvalue weighted by Crippen LogP contribution is -2.03. The lowest BCUT2D eigenvalue weighted by atomic mass is 10.1. The molecule has 0 atom stereocenters. The molecule has 2 heterocycles. The fraction of sp³-hybridized carbons (Fsp3) is 0.133. The predicted octanol–water partition coefficient (Wildman–Crippen LogP) is 2.49. The van der Waals surface area contributed by atoms with Crippen molar-refractivity contribution in [2.75, 3.05) is 7.11 Å². The highest BCUT2D eigenvalue weighted by Crippen LogP contribution is 2.21. The van der Waals surface area contributed by atoms with Crippen LogP contribution in [0.4, 0.5) is 0 Å². The van der Waals surface area contributed by atoms with Crippen LogP contribution < -0.4 is 0 Å². The van der Waals surface area contributed by atoms with Crippen molar-refractivity contribution >= 4 is 11.6 Å². The summed E-state index contributed by atoms with van der Waals surface area (Å²) in [6.07, 6.45) is 0. The molecule has 0 saturated heterocycles. The third kappa shape index (κ3) is 2.03. The zero-order valence-corrected chi connectivity index (χ0v) is 11.2. The predicted molar refractivity (Wildman–Crippen MR) is 74.5 cm³/mol. The van der Waals surface area contributed by atoms with Crippen molar-refractivity contribution in [1.29, 1.82) is 0 Å². The van der Waals surface area contributed by atoms with Gasteiger partial charge < -0.3 is 4.74 Å². The first-order valence-corrected chi connectivity index (χ1v) is 6.20. The van der Waals surface area contributed by atoms with Gasteiger partial charge in [-0.15, -0.1) is 0 Å². The van der Waals surface area contributed by atoms with Crippen LogP contribution >= 0.6 is 0 Å². The molecule has 0 aliphatic heterocycles. The van der Waals surface area contributed by atoms with E-state index in [0.717, 1.165) is 17.0 Å². The van der Waals surface area contributed by atoms with E-state index in [4.69, 9.17) is 4.74 Å². The molecule has 3 aromatic rings. The van der Waals surface area contributed by atoms with Crippen LogP contribution in [0.2, 0.25) is 0 Å². The fourth-order valence-corrected chi connectivity index (χ4v) is 2.12. The zero-order chi connectivity index (χ0) is 14.1. The summed E-state index contributed by atoms with van der Waals surface area (Å²) in [6, 6.07) is 13.4. The molecule has 0 amide bonds. The molecule has 2 aromatic heterocycles. The van der Waals surface area contributed by atoms with Crippen molar-refractivity contribution < 1.29 is 9.53 Å². The van der Waals surface area contributed by atoms with Crippen LogP contribution in [0.25, 0.3) is 16.9 Å². The maximum absolute atomic E-state index is 11.6. The maximum Gasteiger partial charge on any atom is 0.358 e. The minimum absolute atomic E-state index is 0.253. The Morgan fingerprint density at radius 3 is 2.65 bits per heavy atom. The lowest BCUT2D eigenvalue weighted by Gasteiger charge is -2.05. The molecule has 5 nitrogen and oxygen atoms in total. The fourth-order valence-electron chi connectivity index (χ4n) is 2.12. The highest BCUT2D eigenvalue weighted by atomic mass is 16.5. The van der Waals surface area contributed by atoms with Crippen LogP contribution in [0.1, 0.15) is 16.2 Å².